The van der Waals surface area contributed by atoms with Gasteiger partial charge in [-0.05, 0) is 12.5 Å². The summed E-state index contributed by atoms with van der Waals surface area (Å²) >= 11 is 0. The molecule has 1 rings (SSSR count). The Morgan fingerprint density at radius 1 is 1.60 bits per heavy atom. The molecule has 80 valence electrons. The molecule has 15 heavy (non-hydrogen) atoms. The zero-order valence-corrected chi connectivity index (χ0v) is 8.01. The van der Waals surface area contributed by atoms with Crippen LogP contribution in [0.4, 0.5) is 5.69 Å². The van der Waals surface area contributed by atoms with Crippen LogP contribution in [0.1, 0.15) is 17.2 Å². The van der Waals surface area contributed by atoms with Gasteiger partial charge >= 0.3 is 5.97 Å². The number of nitrogens with two attached hydrogens (primary N) is 1. The number of nitro groups is 1. The van der Waals surface area contributed by atoms with Gasteiger partial charge in [0.15, 0.2) is 0 Å². The highest BCUT2D eigenvalue weighted by atomic mass is 16.6. The number of carbonyl (C=O) groups is 1. The van der Waals surface area contributed by atoms with Gasteiger partial charge in [-0.15, -0.1) is 0 Å². The molecule has 0 fully saturated rings. The zero-order chi connectivity index (χ0) is 11.6. The number of hydrogen-bond acceptors (Lipinski definition) is 4. The van der Waals surface area contributed by atoms with E-state index in [1.54, 1.807) is 6.92 Å². The van der Waals surface area contributed by atoms with Gasteiger partial charge in [0.1, 0.15) is 6.04 Å². The number of hydrogen-bond donors (Lipinski definition) is 2. The summed E-state index contributed by atoms with van der Waals surface area (Å²) in [6.07, 6.45) is 0. The highest BCUT2D eigenvalue weighted by Crippen LogP contribution is 2.22. The maximum absolute atomic E-state index is 10.6. The summed E-state index contributed by atoms with van der Waals surface area (Å²) < 4.78 is 0. The topological polar surface area (TPSA) is 106 Å². The Hall–Kier alpha value is -1.95. The van der Waals surface area contributed by atoms with E-state index in [0.717, 1.165) is 0 Å². The van der Waals surface area contributed by atoms with E-state index in [9.17, 15) is 14.9 Å². The number of aliphatic carboxylic acids is 1. The molecule has 0 bridgehead atoms. The number of nitrogens with zero attached hydrogens (tertiary/aromatic N) is 1. The molecule has 0 radical (unpaired) electrons. The van der Waals surface area contributed by atoms with Crippen molar-refractivity contribution in [1.82, 2.24) is 0 Å². The quantitative estimate of drug-likeness (QED) is 0.571. The third-order valence-electron chi connectivity index (χ3n) is 2.06. The Morgan fingerprint density at radius 3 is 2.67 bits per heavy atom. The Morgan fingerprint density at radius 2 is 2.20 bits per heavy atom. The molecule has 1 aromatic carbocycles. The minimum atomic E-state index is -1.23. The highest BCUT2D eigenvalue weighted by molar-refractivity contribution is 5.75. The van der Waals surface area contributed by atoms with E-state index in [0.29, 0.717) is 5.56 Å². The first-order valence-corrected chi connectivity index (χ1v) is 4.17. The molecule has 6 heteroatoms. The summed E-state index contributed by atoms with van der Waals surface area (Å²) in [5.74, 6) is -1.21. The molecule has 0 saturated carbocycles. The molecule has 0 aliphatic heterocycles. The fraction of sp³-hybridized carbons (Fsp3) is 0.222. The van der Waals surface area contributed by atoms with Gasteiger partial charge in [0, 0.05) is 11.6 Å². The van der Waals surface area contributed by atoms with Crippen molar-refractivity contribution in [2.75, 3.05) is 0 Å². The Labute approximate surface area is 85.5 Å². The van der Waals surface area contributed by atoms with Crippen LogP contribution < -0.4 is 5.73 Å². The number of carboxylic acids is 1. The first kappa shape index (κ1) is 11.1. The van der Waals surface area contributed by atoms with Crippen molar-refractivity contribution < 1.29 is 14.8 Å². The molecule has 0 aliphatic carbocycles. The van der Waals surface area contributed by atoms with Crippen molar-refractivity contribution in [1.29, 1.82) is 0 Å². The Bertz CT molecular complexity index is 417. The minimum absolute atomic E-state index is 0.121. The summed E-state index contributed by atoms with van der Waals surface area (Å²) in [7, 11) is 0. The second kappa shape index (κ2) is 4.05. The van der Waals surface area contributed by atoms with Crippen LogP contribution in [-0.4, -0.2) is 16.0 Å². The van der Waals surface area contributed by atoms with Gasteiger partial charge in [-0.2, -0.15) is 0 Å². The van der Waals surface area contributed by atoms with Crippen LogP contribution in [-0.2, 0) is 4.79 Å². The number of nitro benzene ring substituents is 1. The largest absolute Gasteiger partial charge is 0.480 e. The standard InChI is InChI=1S/C9H10N2O4/c1-5-2-3-6(8(10)9(12)13)4-7(5)11(14)15/h2-4,8H,10H2,1H3,(H,12,13)/t8-/m1/s1. The molecule has 1 atom stereocenters. The molecule has 0 heterocycles. The molecule has 0 unspecified atom stereocenters. The lowest BCUT2D eigenvalue weighted by Crippen LogP contribution is -2.20. The lowest BCUT2D eigenvalue weighted by molar-refractivity contribution is -0.385. The Kier molecular flexibility index (Phi) is 3.01. The summed E-state index contributed by atoms with van der Waals surface area (Å²) in [6, 6.07) is 2.91. The second-order valence-electron chi connectivity index (χ2n) is 3.12. The first-order valence-electron chi connectivity index (χ1n) is 4.17. The van der Waals surface area contributed by atoms with Gasteiger partial charge in [-0.1, -0.05) is 12.1 Å². The van der Waals surface area contributed by atoms with Gasteiger partial charge in [-0.3, -0.25) is 14.9 Å². The number of benzene rings is 1. The van der Waals surface area contributed by atoms with Gasteiger partial charge < -0.3 is 10.8 Å². The molecule has 3 N–H and O–H groups in total. The van der Waals surface area contributed by atoms with E-state index < -0.39 is 16.9 Å². The SMILES string of the molecule is Cc1ccc([C@@H](N)C(=O)O)cc1[N+](=O)[O-]. The van der Waals surface area contributed by atoms with E-state index in [4.69, 9.17) is 10.8 Å². The third-order valence-corrected chi connectivity index (χ3v) is 2.06. The monoisotopic (exact) mass is 210 g/mol. The van der Waals surface area contributed by atoms with E-state index >= 15 is 0 Å². The minimum Gasteiger partial charge on any atom is -0.480 e. The molecular weight excluding hydrogens is 200 g/mol. The summed E-state index contributed by atoms with van der Waals surface area (Å²) in [5.41, 5.74) is 5.91. The van der Waals surface area contributed by atoms with Crippen LogP contribution in [0.15, 0.2) is 18.2 Å². The molecule has 0 amide bonds. The van der Waals surface area contributed by atoms with Crippen molar-refractivity contribution in [3.8, 4) is 0 Å². The lowest BCUT2D eigenvalue weighted by Gasteiger charge is -2.06. The molecule has 0 aromatic heterocycles. The predicted octanol–water partition coefficient (Wildman–Crippen LogP) is 0.988. The predicted molar refractivity (Wildman–Crippen MR) is 52.4 cm³/mol. The third kappa shape index (κ3) is 2.29. The summed E-state index contributed by atoms with van der Waals surface area (Å²) in [6.45, 7) is 1.58. The molecule has 1 aromatic rings. The van der Waals surface area contributed by atoms with Crippen LogP contribution in [0.2, 0.25) is 0 Å². The normalized spacial score (nSPS) is 12.1. The van der Waals surface area contributed by atoms with Crippen LogP contribution in [0, 0.1) is 17.0 Å². The number of carboxylic acid groups (broad SMARTS) is 1. The maximum Gasteiger partial charge on any atom is 0.325 e. The number of aryl methyl sites for hydroxylation is 1. The van der Waals surface area contributed by atoms with Crippen molar-refractivity contribution >= 4 is 11.7 Å². The fourth-order valence-electron chi connectivity index (χ4n) is 1.16. The highest BCUT2D eigenvalue weighted by Gasteiger charge is 2.18. The van der Waals surface area contributed by atoms with Gasteiger partial charge in [0.05, 0.1) is 4.92 Å². The fourth-order valence-corrected chi connectivity index (χ4v) is 1.16. The summed E-state index contributed by atoms with van der Waals surface area (Å²) in [4.78, 5) is 20.6. The molecule has 0 spiro atoms. The van der Waals surface area contributed by atoms with Crippen molar-refractivity contribution in [2.24, 2.45) is 5.73 Å². The van der Waals surface area contributed by atoms with E-state index in [1.807, 2.05) is 0 Å². The molecule has 0 saturated heterocycles. The second-order valence-corrected chi connectivity index (χ2v) is 3.12. The van der Waals surface area contributed by atoms with Crippen molar-refractivity contribution in [2.45, 2.75) is 13.0 Å². The molecule has 6 nitrogen and oxygen atoms in total. The maximum atomic E-state index is 10.6. The molecule has 0 aliphatic rings. The van der Waals surface area contributed by atoms with E-state index in [2.05, 4.69) is 0 Å². The molecular formula is C9H10N2O4. The van der Waals surface area contributed by atoms with Gasteiger partial charge in [0.2, 0.25) is 0 Å². The van der Waals surface area contributed by atoms with Crippen LogP contribution in [0.25, 0.3) is 0 Å². The van der Waals surface area contributed by atoms with Crippen LogP contribution >= 0.6 is 0 Å². The van der Waals surface area contributed by atoms with Gasteiger partial charge in [0.25, 0.3) is 5.69 Å². The van der Waals surface area contributed by atoms with Gasteiger partial charge in [-0.25, -0.2) is 0 Å². The lowest BCUT2D eigenvalue weighted by atomic mass is 10.0. The van der Waals surface area contributed by atoms with Crippen molar-refractivity contribution in [3.63, 3.8) is 0 Å². The zero-order valence-electron chi connectivity index (χ0n) is 8.01. The average Bonchev–Trinajstić information content (AvgIpc) is 2.16. The smallest absolute Gasteiger partial charge is 0.325 e. The van der Waals surface area contributed by atoms with Crippen LogP contribution in [0.5, 0.6) is 0 Å². The van der Waals surface area contributed by atoms with Crippen LogP contribution in [0.3, 0.4) is 0 Å². The first-order chi connectivity index (χ1) is 6.93. The average molecular weight is 210 g/mol. The van der Waals surface area contributed by atoms with E-state index in [1.165, 1.54) is 18.2 Å². The van der Waals surface area contributed by atoms with Crippen molar-refractivity contribution in [3.05, 3.63) is 39.4 Å². The Balaban J connectivity index is 3.18. The number of rotatable bonds is 3. The summed E-state index contributed by atoms with van der Waals surface area (Å²) in [5, 5.41) is 19.2. The van der Waals surface area contributed by atoms with E-state index in [-0.39, 0.29) is 11.3 Å².